The van der Waals surface area contributed by atoms with Crippen LogP contribution in [0.1, 0.15) is 43.4 Å². The molecule has 212 valence electrons. The SMILES string of the molecule is CCCCN1CCN(CC(=O)NC(Cc2cc(F)cc(F)c2)C(O)CNCc2cccc(CC)c2)C(=O)C1=O. The molecular weight excluding hydrogens is 506 g/mol. The number of unbranched alkanes of at least 4 members (excludes halogenated alkanes) is 1. The molecular formula is C29H38F2N4O4. The molecule has 0 bridgehead atoms. The van der Waals surface area contributed by atoms with E-state index in [9.17, 15) is 28.3 Å². The second-order valence-electron chi connectivity index (χ2n) is 9.90. The van der Waals surface area contributed by atoms with Crippen molar-refractivity contribution in [1.29, 1.82) is 0 Å². The fraction of sp³-hybridized carbons (Fsp3) is 0.483. The Morgan fingerprint density at radius 2 is 1.64 bits per heavy atom. The van der Waals surface area contributed by atoms with Crippen LogP contribution in [0, 0.1) is 11.6 Å². The summed E-state index contributed by atoms with van der Waals surface area (Å²) in [5, 5.41) is 16.8. The van der Waals surface area contributed by atoms with E-state index >= 15 is 0 Å². The Kier molecular flexibility index (Phi) is 11.4. The van der Waals surface area contributed by atoms with Crippen LogP contribution < -0.4 is 10.6 Å². The highest BCUT2D eigenvalue weighted by Gasteiger charge is 2.33. The molecule has 10 heteroatoms. The van der Waals surface area contributed by atoms with Crippen LogP contribution in [0.4, 0.5) is 8.78 Å². The van der Waals surface area contributed by atoms with Crippen molar-refractivity contribution in [3.8, 4) is 0 Å². The molecule has 39 heavy (non-hydrogen) atoms. The van der Waals surface area contributed by atoms with Crippen molar-refractivity contribution >= 4 is 17.7 Å². The topological polar surface area (TPSA) is 102 Å². The highest BCUT2D eigenvalue weighted by Crippen LogP contribution is 2.13. The lowest BCUT2D eigenvalue weighted by Crippen LogP contribution is -2.57. The summed E-state index contributed by atoms with van der Waals surface area (Å²) in [5.41, 5.74) is 2.49. The van der Waals surface area contributed by atoms with Gasteiger partial charge in [0, 0.05) is 38.8 Å². The third kappa shape index (κ3) is 9.11. The van der Waals surface area contributed by atoms with Gasteiger partial charge in [0.15, 0.2) is 0 Å². The summed E-state index contributed by atoms with van der Waals surface area (Å²) < 4.78 is 27.6. The van der Waals surface area contributed by atoms with E-state index in [2.05, 4.69) is 23.6 Å². The highest BCUT2D eigenvalue weighted by molar-refractivity contribution is 6.35. The van der Waals surface area contributed by atoms with E-state index in [1.807, 2.05) is 25.1 Å². The van der Waals surface area contributed by atoms with Gasteiger partial charge in [-0.1, -0.05) is 44.5 Å². The van der Waals surface area contributed by atoms with Crippen LogP contribution in [0.3, 0.4) is 0 Å². The fourth-order valence-corrected chi connectivity index (χ4v) is 4.59. The normalized spacial score (nSPS) is 15.4. The molecule has 3 amide bonds. The summed E-state index contributed by atoms with van der Waals surface area (Å²) in [6.45, 7) is 5.35. The van der Waals surface area contributed by atoms with Crippen molar-refractivity contribution in [3.63, 3.8) is 0 Å². The van der Waals surface area contributed by atoms with Gasteiger partial charge in [-0.3, -0.25) is 14.4 Å². The van der Waals surface area contributed by atoms with E-state index in [4.69, 9.17) is 0 Å². The van der Waals surface area contributed by atoms with Gasteiger partial charge >= 0.3 is 11.8 Å². The molecule has 1 aliphatic rings. The lowest BCUT2D eigenvalue weighted by Gasteiger charge is -2.34. The van der Waals surface area contributed by atoms with Gasteiger partial charge in [-0.2, -0.15) is 0 Å². The molecule has 1 aliphatic heterocycles. The number of aryl methyl sites for hydroxylation is 1. The number of aliphatic hydroxyl groups excluding tert-OH is 1. The van der Waals surface area contributed by atoms with E-state index in [0.29, 0.717) is 19.6 Å². The van der Waals surface area contributed by atoms with Gasteiger partial charge in [-0.25, -0.2) is 8.78 Å². The zero-order chi connectivity index (χ0) is 28.4. The zero-order valence-corrected chi connectivity index (χ0v) is 22.6. The van der Waals surface area contributed by atoms with Crippen molar-refractivity contribution in [1.82, 2.24) is 20.4 Å². The molecule has 0 radical (unpaired) electrons. The molecule has 0 spiro atoms. The molecule has 0 aromatic heterocycles. The van der Waals surface area contributed by atoms with Gasteiger partial charge < -0.3 is 25.5 Å². The zero-order valence-electron chi connectivity index (χ0n) is 22.6. The van der Waals surface area contributed by atoms with E-state index in [1.165, 1.54) is 15.4 Å². The Bertz CT molecular complexity index is 1130. The summed E-state index contributed by atoms with van der Waals surface area (Å²) in [5.74, 6) is -3.47. The second-order valence-corrected chi connectivity index (χ2v) is 9.90. The predicted molar refractivity (Wildman–Crippen MR) is 144 cm³/mol. The van der Waals surface area contributed by atoms with Crippen LogP contribution >= 0.6 is 0 Å². The number of aliphatic hydroxyl groups is 1. The van der Waals surface area contributed by atoms with Crippen molar-refractivity contribution in [2.24, 2.45) is 0 Å². The molecule has 2 unspecified atom stereocenters. The third-order valence-electron chi connectivity index (χ3n) is 6.78. The average molecular weight is 545 g/mol. The van der Waals surface area contributed by atoms with Gasteiger partial charge in [0.2, 0.25) is 5.91 Å². The largest absolute Gasteiger partial charge is 0.390 e. The molecule has 8 nitrogen and oxygen atoms in total. The second kappa shape index (κ2) is 14.7. The summed E-state index contributed by atoms with van der Waals surface area (Å²) in [4.78, 5) is 40.6. The minimum absolute atomic E-state index is 0.0355. The molecule has 2 aromatic rings. The van der Waals surface area contributed by atoms with Crippen LogP contribution in [0.2, 0.25) is 0 Å². The number of carbonyl (C=O) groups excluding carboxylic acids is 3. The van der Waals surface area contributed by atoms with Gasteiger partial charge in [-0.05, 0) is 48.1 Å². The minimum atomic E-state index is -1.10. The van der Waals surface area contributed by atoms with E-state index in [-0.39, 0.29) is 31.6 Å². The minimum Gasteiger partial charge on any atom is -0.390 e. The summed E-state index contributed by atoms with van der Waals surface area (Å²) >= 11 is 0. The fourth-order valence-electron chi connectivity index (χ4n) is 4.59. The van der Waals surface area contributed by atoms with E-state index in [1.54, 1.807) is 0 Å². The lowest BCUT2D eigenvalue weighted by molar-refractivity contribution is -0.157. The standard InChI is InChI=1S/C29H38F2N4O4/c1-3-5-9-34-10-11-35(29(39)28(34)38)19-27(37)33-25(15-22-13-23(30)16-24(31)14-22)26(36)18-32-17-21-8-6-7-20(4-2)12-21/h6-8,12-14,16,25-26,32,36H,3-5,9-11,15,17-19H2,1-2H3,(H,33,37). The van der Waals surface area contributed by atoms with Crippen LogP contribution in [-0.4, -0.2) is 77.5 Å². The number of hydrogen-bond acceptors (Lipinski definition) is 5. The molecule has 1 saturated heterocycles. The predicted octanol–water partition coefficient (Wildman–Crippen LogP) is 2.18. The van der Waals surface area contributed by atoms with Gasteiger partial charge in [0.1, 0.15) is 18.2 Å². The molecule has 0 saturated carbocycles. The summed E-state index contributed by atoms with van der Waals surface area (Å²) in [6, 6.07) is 10.2. The first-order valence-electron chi connectivity index (χ1n) is 13.5. The maximum Gasteiger partial charge on any atom is 0.312 e. The maximum atomic E-state index is 13.8. The lowest BCUT2D eigenvalue weighted by atomic mass is 10.0. The van der Waals surface area contributed by atoms with Crippen molar-refractivity contribution < 1.29 is 28.3 Å². The van der Waals surface area contributed by atoms with Gasteiger partial charge in [0.05, 0.1) is 12.1 Å². The van der Waals surface area contributed by atoms with Crippen LogP contribution in [0.25, 0.3) is 0 Å². The Labute approximate surface area is 228 Å². The van der Waals surface area contributed by atoms with Gasteiger partial charge in [0.25, 0.3) is 0 Å². The maximum absolute atomic E-state index is 13.8. The molecule has 3 rings (SSSR count). The Morgan fingerprint density at radius 1 is 0.974 bits per heavy atom. The molecule has 3 N–H and O–H groups in total. The number of carbonyl (C=O) groups is 3. The monoisotopic (exact) mass is 544 g/mol. The van der Waals surface area contributed by atoms with Gasteiger partial charge in [-0.15, -0.1) is 0 Å². The number of piperazine rings is 1. The van der Waals surface area contributed by atoms with E-state index in [0.717, 1.165) is 43.0 Å². The van der Waals surface area contributed by atoms with Crippen LogP contribution in [0.5, 0.6) is 0 Å². The first kappa shape index (κ1) is 30.2. The molecule has 2 atom stereocenters. The van der Waals surface area contributed by atoms with Crippen LogP contribution in [-0.2, 0) is 33.8 Å². The number of hydrogen-bond donors (Lipinski definition) is 3. The van der Waals surface area contributed by atoms with Crippen molar-refractivity contribution in [2.45, 2.75) is 58.2 Å². The quantitative estimate of drug-likeness (QED) is 0.317. The number of amides is 3. The Balaban J connectivity index is 1.64. The number of rotatable bonds is 14. The molecule has 0 aliphatic carbocycles. The highest BCUT2D eigenvalue weighted by atomic mass is 19.1. The Hall–Kier alpha value is -3.37. The third-order valence-corrected chi connectivity index (χ3v) is 6.78. The summed E-state index contributed by atoms with van der Waals surface area (Å²) in [6.07, 6.45) is 1.45. The smallest absolute Gasteiger partial charge is 0.312 e. The van der Waals surface area contributed by atoms with Crippen molar-refractivity contribution in [2.75, 3.05) is 32.7 Å². The number of nitrogens with one attached hydrogen (secondary N) is 2. The summed E-state index contributed by atoms with van der Waals surface area (Å²) in [7, 11) is 0. The van der Waals surface area contributed by atoms with Crippen molar-refractivity contribution in [3.05, 3.63) is 70.8 Å². The first-order valence-corrected chi connectivity index (χ1v) is 13.5. The number of benzene rings is 2. The first-order chi connectivity index (χ1) is 18.7. The average Bonchev–Trinajstić information content (AvgIpc) is 2.90. The Morgan fingerprint density at radius 3 is 2.33 bits per heavy atom. The number of nitrogens with zero attached hydrogens (tertiary/aromatic N) is 2. The molecule has 1 fully saturated rings. The molecule has 2 aromatic carbocycles. The number of halogens is 2. The van der Waals surface area contributed by atoms with E-state index < -0.39 is 41.5 Å². The van der Waals surface area contributed by atoms with Crippen LogP contribution in [0.15, 0.2) is 42.5 Å². The molecule has 1 heterocycles.